The molecule has 218 valence electrons. The minimum absolute atomic E-state index is 0.130. The fourth-order valence-corrected chi connectivity index (χ4v) is 5.72. The van der Waals surface area contributed by atoms with Crippen LogP contribution in [0.3, 0.4) is 0 Å². The van der Waals surface area contributed by atoms with Crippen LogP contribution in [0.4, 0.5) is 13.2 Å². The predicted octanol–water partition coefficient (Wildman–Crippen LogP) is 5.09. The SMILES string of the molecule is CCOC(=O)C1=C(C)N=c2s/c(=C\c3ccc(-c4cccc(C(F)(F)F)c4)o3)c(=O)n2[C@H]1c1ccc(OC)c(OC)c1. The van der Waals surface area contributed by atoms with Crippen LogP contribution >= 0.6 is 11.3 Å². The van der Waals surface area contributed by atoms with Crippen LogP contribution in [0.2, 0.25) is 0 Å². The molecule has 1 aliphatic rings. The van der Waals surface area contributed by atoms with Gasteiger partial charge < -0.3 is 18.6 Å². The zero-order chi connectivity index (χ0) is 30.2. The van der Waals surface area contributed by atoms with Crippen LogP contribution in [0.25, 0.3) is 17.4 Å². The fourth-order valence-electron chi connectivity index (χ4n) is 4.69. The van der Waals surface area contributed by atoms with Gasteiger partial charge in [0, 0.05) is 11.6 Å². The average molecular weight is 599 g/mol. The fraction of sp³-hybridized carbons (Fsp3) is 0.233. The molecule has 42 heavy (non-hydrogen) atoms. The Morgan fingerprint density at radius 1 is 1.10 bits per heavy atom. The quantitative estimate of drug-likeness (QED) is 0.275. The molecule has 3 heterocycles. The van der Waals surface area contributed by atoms with E-state index in [1.807, 2.05) is 0 Å². The lowest BCUT2D eigenvalue weighted by molar-refractivity contribution is -0.139. The number of methoxy groups -OCH3 is 2. The number of furan rings is 1. The largest absolute Gasteiger partial charge is 0.493 e. The van der Waals surface area contributed by atoms with Crippen molar-refractivity contribution in [2.75, 3.05) is 20.8 Å². The van der Waals surface area contributed by atoms with Gasteiger partial charge in [0.25, 0.3) is 5.56 Å². The number of hydrogen-bond donors (Lipinski definition) is 0. The minimum atomic E-state index is -4.50. The third kappa shape index (κ3) is 5.37. The number of hydrogen-bond acceptors (Lipinski definition) is 8. The highest BCUT2D eigenvalue weighted by Gasteiger charge is 2.34. The number of fused-ring (bicyclic) bond motifs is 1. The number of carbonyl (C=O) groups is 1. The number of aromatic nitrogens is 1. The summed E-state index contributed by atoms with van der Waals surface area (Å²) in [6, 6.07) is 12.1. The topological polar surface area (TPSA) is 92.3 Å². The second kappa shape index (κ2) is 11.4. The Labute approximate surface area is 241 Å². The average Bonchev–Trinajstić information content (AvgIpc) is 3.55. The zero-order valence-corrected chi connectivity index (χ0v) is 23.8. The van der Waals surface area contributed by atoms with E-state index in [-0.39, 0.29) is 33.8 Å². The van der Waals surface area contributed by atoms with Gasteiger partial charge in [-0.25, -0.2) is 9.79 Å². The lowest BCUT2D eigenvalue weighted by atomic mass is 9.95. The lowest BCUT2D eigenvalue weighted by Crippen LogP contribution is -2.39. The first-order valence-corrected chi connectivity index (χ1v) is 13.6. The summed E-state index contributed by atoms with van der Waals surface area (Å²) in [5.74, 6) is 0.749. The van der Waals surface area contributed by atoms with Crippen molar-refractivity contribution in [3.8, 4) is 22.8 Å². The second-order valence-electron chi connectivity index (χ2n) is 9.20. The maximum atomic E-state index is 13.8. The third-order valence-corrected chi connectivity index (χ3v) is 7.60. The number of halogens is 3. The highest BCUT2D eigenvalue weighted by atomic mass is 32.1. The van der Waals surface area contributed by atoms with E-state index in [0.717, 1.165) is 23.5 Å². The molecule has 4 aromatic rings. The van der Waals surface area contributed by atoms with E-state index in [1.54, 1.807) is 38.1 Å². The summed E-state index contributed by atoms with van der Waals surface area (Å²) in [7, 11) is 2.99. The second-order valence-corrected chi connectivity index (χ2v) is 10.2. The molecule has 5 rings (SSSR count). The summed E-state index contributed by atoms with van der Waals surface area (Å²) in [5, 5.41) is 0. The van der Waals surface area contributed by atoms with E-state index in [9.17, 15) is 22.8 Å². The third-order valence-electron chi connectivity index (χ3n) is 6.61. The maximum absolute atomic E-state index is 13.8. The summed E-state index contributed by atoms with van der Waals surface area (Å²) < 4.78 is 63.2. The molecule has 0 spiro atoms. The molecule has 0 saturated carbocycles. The lowest BCUT2D eigenvalue weighted by Gasteiger charge is -2.25. The predicted molar refractivity (Wildman–Crippen MR) is 149 cm³/mol. The number of thiazole rings is 1. The Morgan fingerprint density at radius 3 is 2.55 bits per heavy atom. The van der Waals surface area contributed by atoms with Gasteiger partial charge in [0.15, 0.2) is 16.3 Å². The van der Waals surface area contributed by atoms with Crippen molar-refractivity contribution in [3.05, 3.63) is 102 Å². The first-order valence-electron chi connectivity index (χ1n) is 12.7. The molecule has 0 N–H and O–H groups in total. The van der Waals surface area contributed by atoms with E-state index in [4.69, 9.17) is 18.6 Å². The van der Waals surface area contributed by atoms with Gasteiger partial charge >= 0.3 is 12.1 Å². The van der Waals surface area contributed by atoms with Gasteiger partial charge in [0.05, 0.1) is 48.2 Å². The Hall–Kier alpha value is -4.58. The van der Waals surface area contributed by atoms with Crippen LogP contribution in [0, 0.1) is 0 Å². The van der Waals surface area contributed by atoms with Gasteiger partial charge in [0.1, 0.15) is 11.5 Å². The molecular weight excluding hydrogens is 573 g/mol. The van der Waals surface area contributed by atoms with E-state index < -0.39 is 29.3 Å². The van der Waals surface area contributed by atoms with Crippen molar-refractivity contribution in [2.24, 2.45) is 4.99 Å². The van der Waals surface area contributed by atoms with E-state index >= 15 is 0 Å². The van der Waals surface area contributed by atoms with Crippen molar-refractivity contribution in [2.45, 2.75) is 26.1 Å². The highest BCUT2D eigenvalue weighted by Crippen LogP contribution is 2.36. The van der Waals surface area contributed by atoms with E-state index in [1.165, 1.54) is 43.1 Å². The van der Waals surface area contributed by atoms with E-state index in [0.29, 0.717) is 27.6 Å². The Morgan fingerprint density at radius 2 is 1.86 bits per heavy atom. The Kier molecular flexibility index (Phi) is 7.83. The molecule has 12 heteroatoms. The molecule has 0 radical (unpaired) electrons. The molecule has 8 nitrogen and oxygen atoms in total. The first-order chi connectivity index (χ1) is 20.0. The van der Waals surface area contributed by atoms with Crippen LogP contribution in [0.1, 0.15) is 36.8 Å². The molecule has 1 atom stereocenters. The normalized spacial score (nSPS) is 15.3. The van der Waals surface area contributed by atoms with Crippen molar-refractivity contribution in [1.29, 1.82) is 0 Å². The summed E-state index contributed by atoms with van der Waals surface area (Å²) in [6.07, 6.45) is -3.00. The summed E-state index contributed by atoms with van der Waals surface area (Å²) >= 11 is 1.09. The van der Waals surface area contributed by atoms with Crippen LogP contribution < -0.4 is 24.4 Å². The first kappa shape index (κ1) is 28.9. The number of benzene rings is 2. The smallest absolute Gasteiger partial charge is 0.416 e. The van der Waals surface area contributed by atoms with Crippen LogP contribution in [-0.2, 0) is 15.7 Å². The van der Waals surface area contributed by atoms with Gasteiger partial charge in [-0.05, 0) is 55.8 Å². The van der Waals surface area contributed by atoms with Crippen molar-refractivity contribution in [3.63, 3.8) is 0 Å². The maximum Gasteiger partial charge on any atom is 0.416 e. The highest BCUT2D eigenvalue weighted by molar-refractivity contribution is 7.07. The number of alkyl halides is 3. The van der Waals surface area contributed by atoms with Crippen LogP contribution in [-0.4, -0.2) is 31.4 Å². The monoisotopic (exact) mass is 598 g/mol. The summed E-state index contributed by atoms with van der Waals surface area (Å²) in [5.41, 5.74) is 0.175. The number of ether oxygens (including phenoxy) is 3. The van der Waals surface area contributed by atoms with Crippen molar-refractivity contribution < 1.29 is 36.6 Å². The molecule has 0 aliphatic carbocycles. The molecular formula is C30H25F3N2O6S. The van der Waals surface area contributed by atoms with E-state index in [2.05, 4.69) is 4.99 Å². The van der Waals surface area contributed by atoms with Gasteiger partial charge in [-0.15, -0.1) is 0 Å². The zero-order valence-electron chi connectivity index (χ0n) is 22.9. The standard InChI is InChI=1S/C30H25F3N2O6S/c1-5-40-28(37)25-16(2)34-29-35(26(25)18-9-11-22(38-3)23(14-18)39-4)27(36)24(42-29)15-20-10-12-21(41-20)17-7-6-8-19(13-17)30(31,32)33/h6-15,26H,5H2,1-4H3/b24-15-/t26-/m0/s1. The van der Waals surface area contributed by atoms with Crippen molar-refractivity contribution in [1.82, 2.24) is 4.57 Å². The van der Waals surface area contributed by atoms with Gasteiger partial charge in [0.2, 0.25) is 0 Å². The number of rotatable bonds is 7. The van der Waals surface area contributed by atoms with Gasteiger partial charge in [-0.2, -0.15) is 13.2 Å². The summed E-state index contributed by atoms with van der Waals surface area (Å²) in [6.45, 7) is 3.49. The number of nitrogens with zero attached hydrogens (tertiary/aromatic N) is 2. The molecule has 2 aromatic heterocycles. The minimum Gasteiger partial charge on any atom is -0.493 e. The number of allylic oxidation sites excluding steroid dienone is 1. The Bertz CT molecular complexity index is 1880. The van der Waals surface area contributed by atoms with Crippen LogP contribution in [0.15, 0.2) is 80.1 Å². The molecule has 0 saturated heterocycles. The molecule has 1 aliphatic heterocycles. The molecule has 0 bridgehead atoms. The molecule has 0 amide bonds. The Balaban J connectivity index is 1.63. The van der Waals surface area contributed by atoms with Crippen LogP contribution in [0.5, 0.6) is 11.5 Å². The molecule has 0 fully saturated rings. The molecule has 0 unspecified atom stereocenters. The number of esters is 1. The van der Waals surface area contributed by atoms with Gasteiger partial charge in [-0.3, -0.25) is 9.36 Å². The summed E-state index contributed by atoms with van der Waals surface area (Å²) in [4.78, 5) is 31.8. The molecule has 2 aromatic carbocycles. The van der Waals surface area contributed by atoms with Crippen molar-refractivity contribution >= 4 is 23.4 Å². The van der Waals surface area contributed by atoms with Gasteiger partial charge in [-0.1, -0.05) is 29.5 Å². The number of carbonyl (C=O) groups excluding carboxylic acids is 1.